The highest BCUT2D eigenvalue weighted by Crippen LogP contribution is 2.16. The van der Waals surface area contributed by atoms with E-state index in [2.05, 4.69) is 11.9 Å². The molecule has 0 radical (unpaired) electrons. The monoisotopic (exact) mass is 226 g/mol. The van der Waals surface area contributed by atoms with Crippen molar-refractivity contribution >= 4 is 11.6 Å². The van der Waals surface area contributed by atoms with Crippen LogP contribution in [0.5, 0.6) is 0 Å². The van der Waals surface area contributed by atoms with Crippen LogP contribution in [-0.4, -0.2) is 11.0 Å². The molecule has 0 aliphatic carbocycles. The summed E-state index contributed by atoms with van der Waals surface area (Å²) in [5.74, 6) is 0. The normalized spacial score (nSPS) is 12.7. The number of nitrogens with two attached hydrogens (primary N) is 1. The van der Waals surface area contributed by atoms with Gasteiger partial charge >= 0.3 is 0 Å². The van der Waals surface area contributed by atoms with Crippen LogP contribution < -0.4 is 5.73 Å². The molecule has 1 atom stereocenters. The Balaban J connectivity index is 2.29. The van der Waals surface area contributed by atoms with Crippen molar-refractivity contribution in [3.63, 3.8) is 0 Å². The van der Waals surface area contributed by atoms with Crippen molar-refractivity contribution in [2.75, 3.05) is 0 Å². The Kier molecular flexibility index (Phi) is 5.66. The van der Waals surface area contributed by atoms with Crippen LogP contribution >= 0.6 is 11.6 Å². The highest BCUT2D eigenvalue weighted by molar-refractivity contribution is 6.31. The van der Waals surface area contributed by atoms with Gasteiger partial charge in [-0.05, 0) is 37.3 Å². The Morgan fingerprint density at radius 3 is 2.93 bits per heavy atom. The van der Waals surface area contributed by atoms with Crippen molar-refractivity contribution in [3.8, 4) is 0 Å². The van der Waals surface area contributed by atoms with Crippen LogP contribution in [0.2, 0.25) is 5.02 Å². The van der Waals surface area contributed by atoms with E-state index in [-0.39, 0.29) is 0 Å². The third-order valence-corrected chi connectivity index (χ3v) is 2.88. The molecule has 2 nitrogen and oxygen atoms in total. The van der Waals surface area contributed by atoms with E-state index in [0.29, 0.717) is 6.04 Å². The first-order valence-electron chi connectivity index (χ1n) is 5.58. The maximum absolute atomic E-state index is 6.01. The van der Waals surface area contributed by atoms with E-state index in [1.807, 2.05) is 6.07 Å². The minimum absolute atomic E-state index is 0.343. The second-order valence-corrected chi connectivity index (χ2v) is 4.32. The first kappa shape index (κ1) is 12.5. The molecule has 0 saturated heterocycles. The lowest BCUT2D eigenvalue weighted by Gasteiger charge is -2.09. The molecule has 0 spiro atoms. The number of halogens is 1. The lowest BCUT2D eigenvalue weighted by Crippen LogP contribution is -2.19. The van der Waals surface area contributed by atoms with Gasteiger partial charge in [-0.3, -0.25) is 4.98 Å². The van der Waals surface area contributed by atoms with Gasteiger partial charge in [0, 0.05) is 18.4 Å². The van der Waals surface area contributed by atoms with Crippen LogP contribution in [-0.2, 0) is 6.42 Å². The summed E-state index contributed by atoms with van der Waals surface area (Å²) in [5, 5.41) is 0.765. The Bertz CT molecular complexity index is 289. The van der Waals surface area contributed by atoms with Crippen LogP contribution in [0.4, 0.5) is 0 Å². The van der Waals surface area contributed by atoms with Gasteiger partial charge in [0.25, 0.3) is 0 Å². The average Bonchev–Trinajstić information content (AvgIpc) is 2.21. The van der Waals surface area contributed by atoms with Gasteiger partial charge in [0.2, 0.25) is 0 Å². The number of pyridine rings is 1. The third kappa shape index (κ3) is 4.63. The van der Waals surface area contributed by atoms with Crippen molar-refractivity contribution in [3.05, 3.63) is 29.0 Å². The molecule has 3 heteroatoms. The quantitative estimate of drug-likeness (QED) is 0.809. The summed E-state index contributed by atoms with van der Waals surface area (Å²) in [5.41, 5.74) is 7.12. The van der Waals surface area contributed by atoms with E-state index in [1.165, 1.54) is 5.56 Å². The van der Waals surface area contributed by atoms with E-state index < -0.39 is 0 Å². The fraction of sp³-hybridized carbons (Fsp3) is 0.583. The van der Waals surface area contributed by atoms with E-state index in [4.69, 9.17) is 17.3 Å². The predicted molar refractivity (Wildman–Crippen MR) is 65.1 cm³/mol. The molecule has 0 aliphatic rings. The molecule has 84 valence electrons. The summed E-state index contributed by atoms with van der Waals surface area (Å²) in [6.07, 6.45) is 8.94. The smallest absolute Gasteiger partial charge is 0.0621 e. The minimum atomic E-state index is 0.343. The molecule has 1 heterocycles. The van der Waals surface area contributed by atoms with Gasteiger partial charge in [0.1, 0.15) is 0 Å². The zero-order chi connectivity index (χ0) is 11.1. The van der Waals surface area contributed by atoms with Gasteiger partial charge in [0.15, 0.2) is 0 Å². The average molecular weight is 227 g/mol. The summed E-state index contributed by atoms with van der Waals surface area (Å²) in [6, 6.07) is 2.32. The summed E-state index contributed by atoms with van der Waals surface area (Å²) in [4.78, 5) is 3.96. The van der Waals surface area contributed by atoms with Crippen LogP contribution in [0, 0.1) is 0 Å². The molecule has 1 aromatic heterocycles. The maximum Gasteiger partial charge on any atom is 0.0621 e. The largest absolute Gasteiger partial charge is 0.328 e. The van der Waals surface area contributed by atoms with Crippen LogP contribution in [0.25, 0.3) is 0 Å². The Morgan fingerprint density at radius 1 is 1.47 bits per heavy atom. The summed E-state index contributed by atoms with van der Waals surface area (Å²) >= 11 is 6.01. The van der Waals surface area contributed by atoms with Crippen LogP contribution in [0.3, 0.4) is 0 Å². The molecule has 0 saturated carbocycles. The molecule has 1 unspecified atom stereocenters. The number of hydrogen-bond acceptors (Lipinski definition) is 2. The van der Waals surface area contributed by atoms with E-state index in [0.717, 1.165) is 37.1 Å². The maximum atomic E-state index is 6.01. The van der Waals surface area contributed by atoms with Gasteiger partial charge in [-0.1, -0.05) is 24.9 Å². The second-order valence-electron chi connectivity index (χ2n) is 3.91. The molecular weight excluding hydrogens is 208 g/mol. The zero-order valence-electron chi connectivity index (χ0n) is 9.25. The molecule has 1 aromatic rings. The van der Waals surface area contributed by atoms with Gasteiger partial charge < -0.3 is 5.73 Å². The Morgan fingerprint density at radius 2 is 2.27 bits per heavy atom. The zero-order valence-corrected chi connectivity index (χ0v) is 10.0. The van der Waals surface area contributed by atoms with Gasteiger partial charge in [-0.15, -0.1) is 0 Å². The highest BCUT2D eigenvalue weighted by Gasteiger charge is 2.03. The standard InChI is InChI=1S/C12H19ClN2/c1-2-4-11(14)6-3-5-10-7-8-15-9-12(10)13/h7-9,11H,2-6,14H2,1H3. The van der Waals surface area contributed by atoms with Crippen LogP contribution in [0.15, 0.2) is 18.5 Å². The topological polar surface area (TPSA) is 38.9 Å². The molecular formula is C12H19ClN2. The fourth-order valence-electron chi connectivity index (χ4n) is 1.68. The number of hydrogen-bond donors (Lipinski definition) is 1. The minimum Gasteiger partial charge on any atom is -0.328 e. The molecule has 0 aromatic carbocycles. The Labute approximate surface area is 96.8 Å². The lowest BCUT2D eigenvalue weighted by atomic mass is 10.0. The SMILES string of the molecule is CCCC(N)CCCc1ccncc1Cl. The number of aryl methyl sites for hydroxylation is 1. The summed E-state index contributed by atoms with van der Waals surface area (Å²) in [6.45, 7) is 2.17. The van der Waals surface area contributed by atoms with Crippen LogP contribution in [0.1, 0.15) is 38.2 Å². The van der Waals surface area contributed by atoms with Crippen molar-refractivity contribution in [1.82, 2.24) is 4.98 Å². The molecule has 0 fully saturated rings. The molecule has 1 rings (SSSR count). The van der Waals surface area contributed by atoms with Crippen molar-refractivity contribution in [2.45, 2.75) is 45.1 Å². The molecule has 15 heavy (non-hydrogen) atoms. The fourth-order valence-corrected chi connectivity index (χ4v) is 1.89. The molecule has 0 amide bonds. The van der Waals surface area contributed by atoms with E-state index in [1.54, 1.807) is 12.4 Å². The van der Waals surface area contributed by atoms with Crippen molar-refractivity contribution in [1.29, 1.82) is 0 Å². The number of aromatic nitrogens is 1. The van der Waals surface area contributed by atoms with Crippen molar-refractivity contribution < 1.29 is 0 Å². The van der Waals surface area contributed by atoms with Gasteiger partial charge in [0.05, 0.1) is 5.02 Å². The summed E-state index contributed by atoms with van der Waals surface area (Å²) in [7, 11) is 0. The highest BCUT2D eigenvalue weighted by atomic mass is 35.5. The number of rotatable bonds is 6. The summed E-state index contributed by atoms with van der Waals surface area (Å²) < 4.78 is 0. The first-order valence-corrected chi connectivity index (χ1v) is 5.95. The van der Waals surface area contributed by atoms with E-state index in [9.17, 15) is 0 Å². The molecule has 0 aliphatic heterocycles. The Hall–Kier alpha value is -0.600. The first-order chi connectivity index (χ1) is 7.24. The molecule has 2 N–H and O–H groups in total. The van der Waals surface area contributed by atoms with E-state index >= 15 is 0 Å². The third-order valence-electron chi connectivity index (χ3n) is 2.54. The second kappa shape index (κ2) is 6.81. The van der Waals surface area contributed by atoms with Crippen molar-refractivity contribution in [2.24, 2.45) is 5.73 Å². The predicted octanol–water partition coefficient (Wildman–Crippen LogP) is 3.19. The lowest BCUT2D eigenvalue weighted by molar-refractivity contribution is 0.539. The molecule has 0 bridgehead atoms. The van der Waals surface area contributed by atoms with Gasteiger partial charge in [-0.25, -0.2) is 0 Å². The number of nitrogens with zero attached hydrogens (tertiary/aromatic N) is 1. The van der Waals surface area contributed by atoms with Gasteiger partial charge in [-0.2, -0.15) is 0 Å².